The zero-order valence-corrected chi connectivity index (χ0v) is 12.6. The second-order valence-electron chi connectivity index (χ2n) is 5.34. The van der Waals surface area contributed by atoms with E-state index in [9.17, 15) is 4.39 Å². The minimum Gasteiger partial charge on any atom is -0.418 e. The molecular formula is C14H12ClFN6O. The Kier molecular flexibility index (Phi) is 3.26. The van der Waals surface area contributed by atoms with Crippen molar-refractivity contribution in [2.24, 2.45) is 0 Å². The number of rotatable bonds is 3. The number of hydrogen-bond acceptors (Lipinski definition) is 6. The van der Waals surface area contributed by atoms with E-state index in [1.54, 1.807) is 16.8 Å². The Hall–Kier alpha value is -2.48. The molecule has 9 heteroatoms. The van der Waals surface area contributed by atoms with Crippen LogP contribution in [0, 0.1) is 0 Å². The first-order chi connectivity index (χ1) is 11.1. The van der Waals surface area contributed by atoms with E-state index in [1.807, 2.05) is 0 Å². The number of aromatic nitrogens is 5. The lowest BCUT2D eigenvalue weighted by Crippen LogP contribution is -2.28. The number of pyridine rings is 1. The highest BCUT2D eigenvalue weighted by molar-refractivity contribution is 6.30. The Bertz CT molecular complexity index is 879. The van der Waals surface area contributed by atoms with Crippen LogP contribution in [0.15, 0.2) is 24.7 Å². The third kappa shape index (κ3) is 2.44. The molecule has 3 aromatic heterocycles. The lowest BCUT2D eigenvalue weighted by Gasteiger charge is -2.29. The molecule has 0 bridgehead atoms. The highest BCUT2D eigenvalue weighted by Gasteiger charge is 2.34. The quantitative estimate of drug-likeness (QED) is 0.791. The Balaban J connectivity index is 1.79. The molecule has 1 saturated carbocycles. The number of halogens is 2. The largest absolute Gasteiger partial charge is 0.418 e. The molecule has 3 heterocycles. The number of nitrogen functional groups attached to an aromatic ring is 1. The van der Waals surface area contributed by atoms with Crippen molar-refractivity contribution in [3.8, 4) is 11.8 Å². The summed E-state index contributed by atoms with van der Waals surface area (Å²) in [6, 6.07) is 3.14. The lowest BCUT2D eigenvalue weighted by atomic mass is 9.91. The van der Waals surface area contributed by atoms with Crippen molar-refractivity contribution in [3.63, 3.8) is 0 Å². The van der Waals surface area contributed by atoms with Gasteiger partial charge in [-0.1, -0.05) is 11.6 Å². The van der Waals surface area contributed by atoms with Gasteiger partial charge in [0.15, 0.2) is 5.65 Å². The molecule has 0 amide bonds. The summed E-state index contributed by atoms with van der Waals surface area (Å²) < 4.78 is 20.5. The van der Waals surface area contributed by atoms with Gasteiger partial charge in [-0.3, -0.25) is 0 Å². The second-order valence-corrected chi connectivity index (χ2v) is 5.78. The maximum atomic E-state index is 13.2. The van der Waals surface area contributed by atoms with Gasteiger partial charge in [0.05, 0.1) is 6.04 Å². The van der Waals surface area contributed by atoms with Gasteiger partial charge in [0.25, 0.3) is 5.88 Å². The highest BCUT2D eigenvalue weighted by Crippen LogP contribution is 2.39. The first-order valence-corrected chi connectivity index (χ1v) is 7.42. The van der Waals surface area contributed by atoms with Gasteiger partial charge in [0, 0.05) is 30.1 Å². The summed E-state index contributed by atoms with van der Waals surface area (Å²) in [5, 5.41) is 5.36. The van der Waals surface area contributed by atoms with Crippen LogP contribution in [0.3, 0.4) is 0 Å². The van der Waals surface area contributed by atoms with E-state index in [0.29, 0.717) is 28.9 Å². The molecule has 0 spiro atoms. The molecule has 0 atom stereocenters. The molecule has 0 radical (unpaired) electrons. The molecule has 0 aromatic carbocycles. The van der Waals surface area contributed by atoms with Gasteiger partial charge in [0.1, 0.15) is 23.7 Å². The zero-order chi connectivity index (χ0) is 16.0. The highest BCUT2D eigenvalue weighted by atomic mass is 35.5. The van der Waals surface area contributed by atoms with Crippen LogP contribution in [-0.4, -0.2) is 30.9 Å². The third-order valence-corrected chi connectivity index (χ3v) is 4.02. The third-order valence-electron chi connectivity index (χ3n) is 3.79. The Morgan fingerprint density at radius 3 is 2.87 bits per heavy atom. The molecule has 1 aliphatic rings. The van der Waals surface area contributed by atoms with Crippen molar-refractivity contribution in [1.82, 2.24) is 24.7 Å². The average Bonchev–Trinajstić information content (AvgIpc) is 2.84. The molecule has 0 aliphatic heterocycles. The summed E-state index contributed by atoms with van der Waals surface area (Å²) in [7, 11) is 0. The van der Waals surface area contributed by atoms with E-state index in [2.05, 4.69) is 20.1 Å². The van der Waals surface area contributed by atoms with Crippen LogP contribution in [0.1, 0.15) is 18.9 Å². The summed E-state index contributed by atoms with van der Waals surface area (Å²) >= 11 is 5.93. The van der Waals surface area contributed by atoms with E-state index < -0.39 is 6.17 Å². The van der Waals surface area contributed by atoms with Gasteiger partial charge in [-0.25, -0.2) is 24.0 Å². The van der Waals surface area contributed by atoms with Crippen LogP contribution >= 0.6 is 11.6 Å². The molecule has 23 heavy (non-hydrogen) atoms. The van der Waals surface area contributed by atoms with Gasteiger partial charge in [-0.2, -0.15) is 0 Å². The number of nitrogens with zero attached hydrogens (tertiary/aromatic N) is 5. The minimum absolute atomic E-state index is 0.0635. The summed E-state index contributed by atoms with van der Waals surface area (Å²) in [5.41, 5.74) is 6.46. The van der Waals surface area contributed by atoms with Gasteiger partial charge in [-0.15, -0.1) is 5.10 Å². The Labute approximate surface area is 135 Å². The van der Waals surface area contributed by atoms with Crippen LogP contribution in [0.2, 0.25) is 5.02 Å². The van der Waals surface area contributed by atoms with E-state index >= 15 is 0 Å². The van der Waals surface area contributed by atoms with Crippen LogP contribution in [0.4, 0.5) is 10.2 Å². The number of fused-ring (bicyclic) bond motifs is 1. The topological polar surface area (TPSA) is 91.7 Å². The predicted octanol–water partition coefficient (Wildman–Crippen LogP) is 2.92. The summed E-state index contributed by atoms with van der Waals surface area (Å²) in [6.45, 7) is 0. The lowest BCUT2D eigenvalue weighted by molar-refractivity contribution is 0.129. The number of anilines is 1. The van der Waals surface area contributed by atoms with Crippen molar-refractivity contribution in [2.75, 3.05) is 5.73 Å². The number of nitrogens with two attached hydrogens (primary N) is 1. The minimum atomic E-state index is -0.808. The maximum absolute atomic E-state index is 13.2. The SMILES string of the molecule is Nc1ncnc2c1c(Oc1cc(Cl)ccn1)nn2C1CC(F)C1. The van der Waals surface area contributed by atoms with E-state index in [4.69, 9.17) is 22.1 Å². The summed E-state index contributed by atoms with van der Waals surface area (Å²) in [5.74, 6) is 0.758. The van der Waals surface area contributed by atoms with Crippen LogP contribution < -0.4 is 10.5 Å². The van der Waals surface area contributed by atoms with E-state index in [0.717, 1.165) is 0 Å². The number of hydrogen-bond donors (Lipinski definition) is 1. The van der Waals surface area contributed by atoms with E-state index in [1.165, 1.54) is 12.5 Å². The Morgan fingerprint density at radius 2 is 2.13 bits per heavy atom. The molecule has 118 valence electrons. The molecule has 3 aromatic rings. The smallest absolute Gasteiger partial charge is 0.253 e. The fraction of sp³-hybridized carbons (Fsp3) is 0.286. The summed E-state index contributed by atoms with van der Waals surface area (Å²) in [6.07, 6.45) is 2.86. The monoisotopic (exact) mass is 334 g/mol. The van der Waals surface area contributed by atoms with Gasteiger partial charge in [0.2, 0.25) is 5.88 Å². The van der Waals surface area contributed by atoms with E-state index in [-0.39, 0.29) is 23.6 Å². The molecule has 2 N–H and O–H groups in total. The molecule has 4 rings (SSSR count). The van der Waals surface area contributed by atoms with Crippen LogP contribution in [0.5, 0.6) is 11.8 Å². The molecule has 7 nitrogen and oxygen atoms in total. The van der Waals surface area contributed by atoms with Crippen molar-refractivity contribution in [1.29, 1.82) is 0 Å². The number of ether oxygens (including phenoxy) is 1. The van der Waals surface area contributed by atoms with Gasteiger partial charge in [-0.05, 0) is 6.07 Å². The second kappa shape index (κ2) is 5.31. The average molecular weight is 335 g/mol. The maximum Gasteiger partial charge on any atom is 0.253 e. The van der Waals surface area contributed by atoms with Gasteiger partial charge < -0.3 is 10.5 Å². The van der Waals surface area contributed by atoms with Crippen LogP contribution in [-0.2, 0) is 0 Å². The molecule has 1 aliphatic carbocycles. The molecule has 1 fully saturated rings. The molecule has 0 saturated heterocycles. The molecular weight excluding hydrogens is 323 g/mol. The van der Waals surface area contributed by atoms with Crippen LogP contribution in [0.25, 0.3) is 11.0 Å². The van der Waals surface area contributed by atoms with Gasteiger partial charge >= 0.3 is 0 Å². The fourth-order valence-electron chi connectivity index (χ4n) is 2.55. The van der Waals surface area contributed by atoms with Crippen molar-refractivity contribution >= 4 is 28.5 Å². The predicted molar refractivity (Wildman–Crippen MR) is 82.2 cm³/mol. The molecule has 0 unspecified atom stereocenters. The Morgan fingerprint density at radius 1 is 1.30 bits per heavy atom. The standard InChI is InChI=1S/C14H12ClFN6O/c15-7-1-2-18-10(3-7)23-14-11-12(17)19-6-20-13(11)22(21-14)9-4-8(16)5-9/h1-3,6,8-9H,4-5H2,(H2,17,19,20). The normalized spacial score (nSPS) is 20.4. The zero-order valence-electron chi connectivity index (χ0n) is 11.9. The summed E-state index contributed by atoms with van der Waals surface area (Å²) in [4.78, 5) is 12.3. The number of alkyl halides is 1. The van der Waals surface area contributed by atoms with Crippen molar-refractivity contribution < 1.29 is 9.13 Å². The fourth-order valence-corrected chi connectivity index (χ4v) is 2.70. The first kappa shape index (κ1) is 14.1. The van der Waals surface area contributed by atoms with Crippen molar-refractivity contribution in [3.05, 3.63) is 29.7 Å². The first-order valence-electron chi connectivity index (χ1n) is 7.04. The van der Waals surface area contributed by atoms with Crippen molar-refractivity contribution in [2.45, 2.75) is 25.1 Å².